The Morgan fingerprint density at radius 1 is 0.929 bits per heavy atom. The fraction of sp³-hybridized carbons (Fsp3) is 0.207. The van der Waals surface area contributed by atoms with E-state index >= 15 is 0 Å². The Labute approximate surface area is 237 Å². The summed E-state index contributed by atoms with van der Waals surface area (Å²) >= 11 is 0. The molecule has 6 rings (SSSR count). The van der Waals surface area contributed by atoms with E-state index in [2.05, 4.69) is 36.2 Å². The van der Waals surface area contributed by atoms with Crippen LogP contribution in [-0.2, 0) is 6.18 Å². The van der Waals surface area contributed by atoms with Gasteiger partial charge in [-0.15, -0.1) is 0 Å². The number of carboxylic acid groups (broad SMARTS) is 1. The van der Waals surface area contributed by atoms with Gasteiger partial charge < -0.3 is 26.4 Å². The highest BCUT2D eigenvalue weighted by Crippen LogP contribution is 2.35. The number of piperazine rings is 1. The number of aromatic nitrogens is 3. The van der Waals surface area contributed by atoms with Crippen molar-refractivity contribution in [2.75, 3.05) is 17.2 Å². The maximum atomic E-state index is 13.2. The molecule has 13 heteroatoms. The minimum absolute atomic E-state index is 0.00916. The second-order valence-corrected chi connectivity index (χ2v) is 10.0. The monoisotopic (exact) mass is 575 g/mol. The van der Waals surface area contributed by atoms with Crippen molar-refractivity contribution in [1.82, 2.24) is 25.6 Å². The third-order valence-electron chi connectivity index (χ3n) is 7.24. The van der Waals surface area contributed by atoms with Crippen LogP contribution in [0.2, 0.25) is 0 Å². The molecule has 1 amide bonds. The van der Waals surface area contributed by atoms with Crippen molar-refractivity contribution in [1.29, 1.82) is 0 Å². The topological polar surface area (TPSA) is 141 Å². The van der Waals surface area contributed by atoms with Crippen LogP contribution < -0.4 is 21.3 Å². The van der Waals surface area contributed by atoms with Crippen molar-refractivity contribution in [3.63, 3.8) is 0 Å². The molecule has 2 fully saturated rings. The number of benzene rings is 1. The molecule has 214 valence electrons. The van der Waals surface area contributed by atoms with Crippen molar-refractivity contribution >= 4 is 29.2 Å². The van der Waals surface area contributed by atoms with E-state index in [4.69, 9.17) is 5.11 Å². The Kier molecular flexibility index (Phi) is 7.04. The minimum atomic E-state index is -4.54. The zero-order valence-electron chi connectivity index (χ0n) is 21.8. The van der Waals surface area contributed by atoms with Crippen molar-refractivity contribution < 1.29 is 27.9 Å². The van der Waals surface area contributed by atoms with Crippen molar-refractivity contribution in [3.05, 3.63) is 95.4 Å². The number of hydrogen-bond donors (Lipinski definition) is 5. The zero-order chi connectivity index (χ0) is 29.4. The number of alkyl halides is 3. The average Bonchev–Trinajstić information content (AvgIpc) is 3.62. The summed E-state index contributed by atoms with van der Waals surface area (Å²) in [7, 11) is 0. The molecular formula is C29H24F3N7O3. The van der Waals surface area contributed by atoms with Crippen LogP contribution in [-0.4, -0.2) is 50.6 Å². The third kappa shape index (κ3) is 5.64. The maximum absolute atomic E-state index is 13.2. The molecule has 4 aromatic rings. The highest BCUT2D eigenvalue weighted by molar-refractivity contribution is 6.06. The number of pyridine rings is 3. The first kappa shape index (κ1) is 27.3. The Hall–Kier alpha value is -4.88. The molecule has 1 unspecified atom stereocenters. The predicted molar refractivity (Wildman–Crippen MR) is 147 cm³/mol. The summed E-state index contributed by atoms with van der Waals surface area (Å²) in [5, 5.41) is 21.8. The van der Waals surface area contributed by atoms with Gasteiger partial charge >= 0.3 is 12.1 Å². The number of hydrogen-bond acceptors (Lipinski definition) is 8. The lowest BCUT2D eigenvalue weighted by atomic mass is 10.0. The number of nitrogens with zero attached hydrogens (tertiary/aromatic N) is 3. The molecule has 3 atom stereocenters. The first-order valence-electron chi connectivity index (χ1n) is 13.1. The van der Waals surface area contributed by atoms with Gasteiger partial charge in [0.05, 0.1) is 34.2 Å². The number of aromatic carboxylic acids is 1. The summed E-state index contributed by atoms with van der Waals surface area (Å²) in [6, 6.07) is 14.5. The number of carboxylic acids is 1. The van der Waals surface area contributed by atoms with Crippen LogP contribution in [0.5, 0.6) is 0 Å². The number of carbonyl (C=O) groups is 2. The molecule has 42 heavy (non-hydrogen) atoms. The van der Waals surface area contributed by atoms with E-state index in [1.807, 2.05) is 6.07 Å². The third-order valence-corrected chi connectivity index (χ3v) is 7.24. The fourth-order valence-corrected chi connectivity index (χ4v) is 5.19. The fourth-order valence-electron chi connectivity index (χ4n) is 5.19. The normalized spacial score (nSPS) is 19.5. The molecule has 0 spiro atoms. The molecule has 1 aromatic carbocycles. The number of nitrogens with one attached hydrogen (secondary N) is 4. The lowest BCUT2D eigenvalue weighted by Gasteiger charge is -2.24. The molecule has 5 heterocycles. The summed E-state index contributed by atoms with van der Waals surface area (Å²) in [6.07, 6.45) is -0.850. The van der Waals surface area contributed by atoms with Crippen molar-refractivity contribution in [2.45, 2.75) is 30.7 Å². The van der Waals surface area contributed by atoms with E-state index in [1.165, 1.54) is 30.3 Å². The van der Waals surface area contributed by atoms with Crippen molar-refractivity contribution in [3.8, 4) is 11.3 Å². The quantitative estimate of drug-likeness (QED) is 0.213. The standard InChI is InChI=1S/C29H24F3N7O3/c30-29(31,32)18-8-10-34-24(12-18)38-23-6-5-20(37-27(40)15-1-3-16(4-2-15)28(41)42)25(39-23)17-7-9-33-21(11-17)26-22-13-19(36-26)14-35-22/h1-12,19,22,26,35-36H,13-14H2,(H,37,40)(H,41,42)(H,34,38,39)/t19-,22-,26?/m0/s1. The van der Waals surface area contributed by atoms with Gasteiger partial charge in [0.15, 0.2) is 0 Å². The second kappa shape index (κ2) is 10.8. The van der Waals surface area contributed by atoms with Crippen molar-refractivity contribution in [2.24, 2.45) is 0 Å². The predicted octanol–water partition coefficient (Wildman–Crippen LogP) is 4.63. The molecule has 2 saturated heterocycles. The zero-order valence-corrected chi connectivity index (χ0v) is 21.8. The second-order valence-electron chi connectivity index (χ2n) is 10.0. The van der Waals surface area contributed by atoms with Gasteiger partial charge in [0.25, 0.3) is 5.91 Å². The summed E-state index contributed by atoms with van der Waals surface area (Å²) in [4.78, 5) is 37.5. The van der Waals surface area contributed by atoms with Gasteiger partial charge in [-0.05, 0) is 67.1 Å². The molecule has 0 aliphatic carbocycles. The van der Waals surface area contributed by atoms with Crippen LogP contribution in [0.1, 0.15) is 44.4 Å². The molecule has 3 aromatic heterocycles. The maximum Gasteiger partial charge on any atom is 0.416 e. The van der Waals surface area contributed by atoms with Crippen LogP contribution >= 0.6 is 0 Å². The highest BCUT2D eigenvalue weighted by atomic mass is 19.4. The van der Waals surface area contributed by atoms with E-state index in [0.717, 1.165) is 37.0 Å². The largest absolute Gasteiger partial charge is 0.478 e. The Balaban J connectivity index is 1.34. The van der Waals surface area contributed by atoms with E-state index in [-0.39, 0.29) is 34.8 Å². The first-order valence-corrected chi connectivity index (χ1v) is 13.1. The van der Waals surface area contributed by atoms with Crippen LogP contribution in [0, 0.1) is 0 Å². The Bertz CT molecular complexity index is 1660. The van der Waals surface area contributed by atoms with Crippen LogP contribution in [0.15, 0.2) is 73.1 Å². The molecule has 10 nitrogen and oxygen atoms in total. The average molecular weight is 576 g/mol. The van der Waals surface area contributed by atoms with Crippen LogP contribution in [0.4, 0.5) is 30.5 Å². The Morgan fingerprint density at radius 2 is 1.69 bits per heavy atom. The number of rotatable bonds is 7. The number of carbonyl (C=O) groups excluding carboxylic acids is 1. The van der Waals surface area contributed by atoms with E-state index in [0.29, 0.717) is 23.0 Å². The van der Waals surface area contributed by atoms with E-state index in [1.54, 1.807) is 18.3 Å². The highest BCUT2D eigenvalue weighted by Gasteiger charge is 2.40. The molecular weight excluding hydrogens is 551 g/mol. The SMILES string of the molecule is O=C(O)c1ccc(C(=O)Nc2ccc(Nc3cc(C(F)(F)F)ccn3)nc2-c2ccnc(C3N[C@@H]4CN[C@H]3C4)c2)cc1. The number of anilines is 3. The molecule has 0 saturated carbocycles. The van der Waals surface area contributed by atoms with Gasteiger partial charge in [-0.25, -0.2) is 14.8 Å². The minimum Gasteiger partial charge on any atom is -0.478 e. The van der Waals surface area contributed by atoms with E-state index in [9.17, 15) is 22.8 Å². The lowest BCUT2D eigenvalue weighted by Crippen LogP contribution is -2.43. The van der Waals surface area contributed by atoms with Gasteiger partial charge in [0.2, 0.25) is 0 Å². The van der Waals surface area contributed by atoms with Gasteiger partial charge in [-0.2, -0.15) is 13.2 Å². The molecule has 2 aliphatic heterocycles. The number of halogens is 3. The lowest BCUT2D eigenvalue weighted by molar-refractivity contribution is -0.137. The molecule has 2 aliphatic rings. The van der Waals surface area contributed by atoms with Gasteiger partial charge in [-0.1, -0.05) is 0 Å². The van der Waals surface area contributed by atoms with Crippen LogP contribution in [0.3, 0.4) is 0 Å². The van der Waals surface area contributed by atoms with Gasteiger partial charge in [-0.3, -0.25) is 9.78 Å². The van der Waals surface area contributed by atoms with Crippen LogP contribution in [0.25, 0.3) is 11.3 Å². The van der Waals surface area contributed by atoms with Gasteiger partial charge in [0.1, 0.15) is 11.6 Å². The summed E-state index contributed by atoms with van der Waals surface area (Å²) in [5.74, 6) is -1.45. The molecule has 2 bridgehead atoms. The molecule has 5 N–H and O–H groups in total. The van der Waals surface area contributed by atoms with Gasteiger partial charge in [0, 0.05) is 42.1 Å². The number of fused-ring (bicyclic) bond motifs is 2. The summed E-state index contributed by atoms with van der Waals surface area (Å²) in [5.41, 5.74) is 1.51. The first-order chi connectivity index (χ1) is 20.1. The summed E-state index contributed by atoms with van der Waals surface area (Å²) < 4.78 is 39.7. The Morgan fingerprint density at radius 3 is 2.38 bits per heavy atom. The summed E-state index contributed by atoms with van der Waals surface area (Å²) in [6.45, 7) is 0.892. The van der Waals surface area contributed by atoms with E-state index < -0.39 is 23.6 Å². The molecule has 0 radical (unpaired) electrons. The smallest absolute Gasteiger partial charge is 0.416 e. The number of amides is 1.